The van der Waals surface area contributed by atoms with Crippen LogP contribution in [0.15, 0.2) is 0 Å². The lowest BCUT2D eigenvalue weighted by molar-refractivity contribution is 0.0305. The summed E-state index contributed by atoms with van der Waals surface area (Å²) < 4.78 is 0. The van der Waals surface area contributed by atoms with E-state index in [0.29, 0.717) is 5.41 Å². The molecule has 0 spiro atoms. The molecule has 0 aliphatic rings. The van der Waals surface area contributed by atoms with Crippen molar-refractivity contribution in [1.29, 1.82) is 0 Å². The molecule has 0 aromatic heterocycles. The summed E-state index contributed by atoms with van der Waals surface area (Å²) in [4.78, 5) is 5.37. The van der Waals surface area contributed by atoms with E-state index in [-0.39, 0.29) is 0 Å². The van der Waals surface area contributed by atoms with Crippen molar-refractivity contribution in [1.82, 2.24) is 5.48 Å². The predicted molar refractivity (Wildman–Crippen MR) is 66.7 cm³/mol. The van der Waals surface area contributed by atoms with Crippen molar-refractivity contribution in [3.05, 3.63) is 0 Å². The summed E-state index contributed by atoms with van der Waals surface area (Å²) in [6.45, 7) is 13.2. The van der Waals surface area contributed by atoms with E-state index in [4.69, 9.17) is 4.84 Å². The van der Waals surface area contributed by atoms with Crippen LogP contribution in [-0.2, 0) is 4.84 Å². The van der Waals surface area contributed by atoms with Crippen molar-refractivity contribution in [2.24, 2.45) is 11.3 Å². The van der Waals surface area contributed by atoms with Crippen LogP contribution in [0.4, 0.5) is 0 Å². The Balaban J connectivity index is 3.28. The largest absolute Gasteiger partial charge is 0.302 e. The number of hydrogen-bond acceptors (Lipinski definition) is 2. The number of nitrogens with one attached hydrogen (secondary N) is 1. The van der Waals surface area contributed by atoms with Gasteiger partial charge in [0.05, 0.1) is 6.61 Å². The zero-order chi connectivity index (χ0) is 11.7. The SMILES string of the molecule is CCCCNOCCC(C)CC(C)(C)C. The maximum atomic E-state index is 5.37. The van der Waals surface area contributed by atoms with Gasteiger partial charge in [-0.2, -0.15) is 0 Å². The Hall–Kier alpha value is -0.0800. The van der Waals surface area contributed by atoms with Crippen molar-refractivity contribution in [2.45, 2.75) is 60.3 Å². The zero-order valence-electron chi connectivity index (χ0n) is 11.2. The van der Waals surface area contributed by atoms with E-state index in [1.807, 2.05) is 0 Å². The maximum Gasteiger partial charge on any atom is 0.0684 e. The summed E-state index contributed by atoms with van der Waals surface area (Å²) in [6, 6.07) is 0. The molecular formula is C13H29NO. The van der Waals surface area contributed by atoms with Gasteiger partial charge in [-0.3, -0.25) is 0 Å². The molecule has 0 saturated heterocycles. The van der Waals surface area contributed by atoms with Crippen LogP contribution in [0.2, 0.25) is 0 Å². The second kappa shape index (κ2) is 8.12. The fourth-order valence-electron chi connectivity index (χ4n) is 1.80. The van der Waals surface area contributed by atoms with Gasteiger partial charge in [-0.15, -0.1) is 0 Å². The van der Waals surface area contributed by atoms with E-state index in [1.165, 1.54) is 19.3 Å². The van der Waals surface area contributed by atoms with Gasteiger partial charge in [0, 0.05) is 6.54 Å². The summed E-state index contributed by atoms with van der Waals surface area (Å²) in [5.41, 5.74) is 3.44. The molecule has 92 valence electrons. The third kappa shape index (κ3) is 11.8. The quantitative estimate of drug-likeness (QED) is 0.491. The van der Waals surface area contributed by atoms with Crippen molar-refractivity contribution < 1.29 is 4.84 Å². The molecule has 0 heterocycles. The third-order valence-corrected chi connectivity index (χ3v) is 2.41. The molecular weight excluding hydrogens is 186 g/mol. The Morgan fingerprint density at radius 1 is 1.27 bits per heavy atom. The van der Waals surface area contributed by atoms with Crippen molar-refractivity contribution >= 4 is 0 Å². The van der Waals surface area contributed by atoms with Crippen LogP contribution in [-0.4, -0.2) is 13.2 Å². The van der Waals surface area contributed by atoms with E-state index >= 15 is 0 Å². The van der Waals surface area contributed by atoms with Crippen molar-refractivity contribution in [3.8, 4) is 0 Å². The standard InChI is InChI=1S/C13H29NO/c1-6-7-9-14-15-10-8-12(2)11-13(3,4)5/h12,14H,6-11H2,1-5H3. The minimum absolute atomic E-state index is 0.440. The average molecular weight is 215 g/mol. The van der Waals surface area contributed by atoms with Crippen LogP contribution in [0.1, 0.15) is 60.3 Å². The molecule has 0 amide bonds. The number of hydrogen-bond donors (Lipinski definition) is 1. The molecule has 2 heteroatoms. The highest BCUT2D eigenvalue weighted by Gasteiger charge is 2.14. The summed E-state index contributed by atoms with van der Waals surface area (Å²) in [7, 11) is 0. The summed E-state index contributed by atoms with van der Waals surface area (Å²) in [5.74, 6) is 0.748. The van der Waals surface area contributed by atoms with Gasteiger partial charge in [0.2, 0.25) is 0 Å². The van der Waals surface area contributed by atoms with Crippen LogP contribution in [0.5, 0.6) is 0 Å². The molecule has 0 saturated carbocycles. The highest BCUT2D eigenvalue weighted by atomic mass is 16.6. The molecule has 0 aromatic carbocycles. The van der Waals surface area contributed by atoms with Gasteiger partial charge in [0.15, 0.2) is 0 Å². The first-order valence-electron chi connectivity index (χ1n) is 6.30. The Bertz CT molecular complexity index is 140. The monoisotopic (exact) mass is 215 g/mol. The molecule has 0 fully saturated rings. The van der Waals surface area contributed by atoms with Crippen LogP contribution in [0.3, 0.4) is 0 Å². The first-order chi connectivity index (χ1) is 6.95. The third-order valence-electron chi connectivity index (χ3n) is 2.41. The minimum atomic E-state index is 0.440. The molecule has 0 aliphatic carbocycles. The van der Waals surface area contributed by atoms with Gasteiger partial charge in [-0.1, -0.05) is 41.0 Å². The van der Waals surface area contributed by atoms with Gasteiger partial charge in [-0.25, -0.2) is 5.48 Å². The maximum absolute atomic E-state index is 5.37. The molecule has 0 rings (SSSR count). The second-order valence-electron chi connectivity index (χ2n) is 5.75. The number of unbranched alkanes of at least 4 members (excludes halogenated alkanes) is 1. The van der Waals surface area contributed by atoms with E-state index < -0.39 is 0 Å². The van der Waals surface area contributed by atoms with Crippen LogP contribution in [0, 0.1) is 11.3 Å². The lowest BCUT2D eigenvalue weighted by Gasteiger charge is -2.23. The van der Waals surface area contributed by atoms with Crippen LogP contribution < -0.4 is 5.48 Å². The van der Waals surface area contributed by atoms with Gasteiger partial charge >= 0.3 is 0 Å². The smallest absolute Gasteiger partial charge is 0.0684 e. The summed E-state index contributed by atoms with van der Waals surface area (Å²) in [5, 5.41) is 0. The number of rotatable bonds is 8. The van der Waals surface area contributed by atoms with E-state index in [9.17, 15) is 0 Å². The van der Waals surface area contributed by atoms with E-state index in [2.05, 4.69) is 40.1 Å². The Morgan fingerprint density at radius 3 is 2.47 bits per heavy atom. The average Bonchev–Trinajstić information content (AvgIpc) is 2.08. The van der Waals surface area contributed by atoms with Crippen LogP contribution >= 0.6 is 0 Å². The van der Waals surface area contributed by atoms with Crippen LogP contribution in [0.25, 0.3) is 0 Å². The summed E-state index contributed by atoms with van der Waals surface area (Å²) in [6.07, 6.45) is 4.83. The molecule has 2 nitrogen and oxygen atoms in total. The van der Waals surface area contributed by atoms with Gasteiger partial charge in [0.1, 0.15) is 0 Å². The summed E-state index contributed by atoms with van der Waals surface area (Å²) >= 11 is 0. The molecule has 0 aromatic rings. The molecule has 0 aliphatic heterocycles. The highest BCUT2D eigenvalue weighted by molar-refractivity contribution is 4.65. The zero-order valence-corrected chi connectivity index (χ0v) is 11.2. The lowest BCUT2D eigenvalue weighted by Crippen LogP contribution is -2.19. The van der Waals surface area contributed by atoms with E-state index in [0.717, 1.165) is 25.5 Å². The topological polar surface area (TPSA) is 21.3 Å². The second-order valence-corrected chi connectivity index (χ2v) is 5.75. The molecule has 1 N–H and O–H groups in total. The van der Waals surface area contributed by atoms with Gasteiger partial charge < -0.3 is 4.84 Å². The Kier molecular flexibility index (Phi) is 8.07. The highest BCUT2D eigenvalue weighted by Crippen LogP contribution is 2.25. The van der Waals surface area contributed by atoms with Gasteiger partial charge in [-0.05, 0) is 30.6 Å². The number of hydroxylamine groups is 1. The first-order valence-corrected chi connectivity index (χ1v) is 6.30. The molecule has 0 radical (unpaired) electrons. The fourth-order valence-corrected chi connectivity index (χ4v) is 1.80. The Labute approximate surface area is 95.7 Å². The van der Waals surface area contributed by atoms with Gasteiger partial charge in [0.25, 0.3) is 0 Å². The molecule has 1 unspecified atom stereocenters. The minimum Gasteiger partial charge on any atom is -0.302 e. The normalized spacial score (nSPS) is 14.2. The Morgan fingerprint density at radius 2 is 1.93 bits per heavy atom. The molecule has 1 atom stereocenters. The predicted octanol–water partition coefficient (Wildman–Crippen LogP) is 3.77. The van der Waals surface area contributed by atoms with Crippen molar-refractivity contribution in [3.63, 3.8) is 0 Å². The fraction of sp³-hybridized carbons (Fsp3) is 1.00. The van der Waals surface area contributed by atoms with E-state index in [1.54, 1.807) is 0 Å². The first kappa shape index (κ1) is 14.9. The molecule has 0 bridgehead atoms. The van der Waals surface area contributed by atoms with Crippen molar-refractivity contribution in [2.75, 3.05) is 13.2 Å². The lowest BCUT2D eigenvalue weighted by atomic mass is 9.84. The molecule has 15 heavy (non-hydrogen) atoms.